The number of hydrogen-bond donors (Lipinski definition) is 1. The molecular weight excluding hydrogens is 275 g/mol. The highest BCUT2D eigenvalue weighted by atomic mass is 79.9. The number of ether oxygens (including phenoxy) is 1. The van der Waals surface area contributed by atoms with Crippen molar-refractivity contribution in [2.24, 2.45) is 0 Å². The molecule has 0 aliphatic heterocycles. The third-order valence-electron chi connectivity index (χ3n) is 2.71. The van der Waals surface area contributed by atoms with Crippen LogP contribution in [0, 0.1) is 5.82 Å². The first-order chi connectivity index (χ1) is 7.42. The highest BCUT2D eigenvalue weighted by Crippen LogP contribution is 2.37. The molecule has 0 unspecified atom stereocenters. The molecule has 4 heteroatoms. The van der Waals surface area contributed by atoms with Crippen molar-refractivity contribution < 1.29 is 14.2 Å². The Hall–Kier alpha value is -0.610. The Labute approximate surface area is 104 Å². The lowest BCUT2D eigenvalue weighted by Gasteiger charge is -2.26. The number of halogens is 2. The summed E-state index contributed by atoms with van der Waals surface area (Å²) < 4.78 is 18.9. The lowest BCUT2D eigenvalue weighted by molar-refractivity contribution is 0.249. The molecule has 0 spiro atoms. The Bertz CT molecular complexity index is 378. The summed E-state index contributed by atoms with van der Waals surface area (Å²) in [4.78, 5) is 0. The van der Waals surface area contributed by atoms with E-state index in [1.165, 1.54) is 13.2 Å². The fourth-order valence-electron chi connectivity index (χ4n) is 1.64. The minimum atomic E-state index is -0.347. The summed E-state index contributed by atoms with van der Waals surface area (Å²) in [6.07, 6.45) is 0.599. The van der Waals surface area contributed by atoms with Gasteiger partial charge >= 0.3 is 0 Å². The van der Waals surface area contributed by atoms with Crippen LogP contribution in [-0.2, 0) is 5.41 Å². The van der Waals surface area contributed by atoms with Gasteiger partial charge in [-0.05, 0) is 33.8 Å². The van der Waals surface area contributed by atoms with Crippen LogP contribution in [-0.4, -0.2) is 18.8 Å². The van der Waals surface area contributed by atoms with Crippen LogP contribution in [0.25, 0.3) is 0 Å². The summed E-state index contributed by atoms with van der Waals surface area (Å²) in [5, 5.41) is 9.02. The quantitative estimate of drug-likeness (QED) is 0.922. The maximum absolute atomic E-state index is 13.3. The third kappa shape index (κ3) is 2.74. The monoisotopic (exact) mass is 290 g/mol. The molecule has 1 N–H and O–H groups in total. The highest BCUT2D eigenvalue weighted by Gasteiger charge is 2.25. The van der Waals surface area contributed by atoms with Crippen LogP contribution in [0.5, 0.6) is 5.75 Å². The average Bonchev–Trinajstić information content (AvgIpc) is 2.21. The summed E-state index contributed by atoms with van der Waals surface area (Å²) in [7, 11) is 1.52. The molecule has 1 aromatic rings. The van der Waals surface area contributed by atoms with Crippen molar-refractivity contribution in [1.82, 2.24) is 0 Å². The van der Waals surface area contributed by atoms with Crippen molar-refractivity contribution in [3.63, 3.8) is 0 Å². The van der Waals surface area contributed by atoms with Crippen LogP contribution < -0.4 is 4.74 Å². The van der Waals surface area contributed by atoms with Gasteiger partial charge in [0.1, 0.15) is 11.6 Å². The molecule has 0 saturated carbocycles. The second kappa shape index (κ2) is 5.15. The standard InChI is InChI=1S/C12H16BrFO2/c1-12(2,4-5-15)8-6-9(13)10(14)7-11(8)16-3/h6-7,15H,4-5H2,1-3H3. The molecule has 0 amide bonds. The Morgan fingerprint density at radius 3 is 2.56 bits per heavy atom. The predicted octanol–water partition coefficient (Wildman–Crippen LogP) is 3.26. The number of methoxy groups -OCH3 is 1. The van der Waals surface area contributed by atoms with Gasteiger partial charge in [-0.15, -0.1) is 0 Å². The lowest BCUT2D eigenvalue weighted by Crippen LogP contribution is -2.20. The normalized spacial score (nSPS) is 11.6. The summed E-state index contributed by atoms with van der Waals surface area (Å²) in [6.45, 7) is 4.07. The SMILES string of the molecule is COc1cc(F)c(Br)cc1C(C)(C)CCO. The van der Waals surface area contributed by atoms with Crippen molar-refractivity contribution in [1.29, 1.82) is 0 Å². The van der Waals surface area contributed by atoms with Gasteiger partial charge < -0.3 is 9.84 Å². The Morgan fingerprint density at radius 2 is 2.06 bits per heavy atom. The fourth-order valence-corrected chi connectivity index (χ4v) is 1.98. The third-order valence-corrected chi connectivity index (χ3v) is 3.32. The molecule has 0 aromatic heterocycles. The average molecular weight is 291 g/mol. The predicted molar refractivity (Wildman–Crippen MR) is 65.4 cm³/mol. The van der Waals surface area contributed by atoms with E-state index in [2.05, 4.69) is 15.9 Å². The van der Waals surface area contributed by atoms with Crippen molar-refractivity contribution in [3.05, 3.63) is 28.0 Å². The zero-order valence-electron chi connectivity index (χ0n) is 9.68. The number of benzene rings is 1. The minimum Gasteiger partial charge on any atom is -0.496 e. The Kier molecular flexibility index (Phi) is 4.33. The maximum atomic E-state index is 13.3. The Morgan fingerprint density at radius 1 is 1.44 bits per heavy atom. The molecule has 0 aliphatic carbocycles. The summed E-state index contributed by atoms with van der Waals surface area (Å²) in [5.41, 5.74) is 0.633. The number of hydrogen-bond acceptors (Lipinski definition) is 2. The molecule has 90 valence electrons. The van der Waals surface area contributed by atoms with Gasteiger partial charge in [0.15, 0.2) is 0 Å². The van der Waals surface area contributed by atoms with Crippen LogP contribution in [0.3, 0.4) is 0 Å². The van der Waals surface area contributed by atoms with Crippen molar-refractivity contribution in [3.8, 4) is 5.75 Å². The first-order valence-electron chi connectivity index (χ1n) is 5.06. The highest BCUT2D eigenvalue weighted by molar-refractivity contribution is 9.10. The first-order valence-corrected chi connectivity index (χ1v) is 5.86. The van der Waals surface area contributed by atoms with Crippen molar-refractivity contribution in [2.75, 3.05) is 13.7 Å². The topological polar surface area (TPSA) is 29.5 Å². The van der Waals surface area contributed by atoms with Crippen LogP contribution in [0.1, 0.15) is 25.8 Å². The number of rotatable bonds is 4. The number of aliphatic hydroxyl groups excluding tert-OH is 1. The van der Waals surface area contributed by atoms with Gasteiger partial charge in [-0.1, -0.05) is 13.8 Å². The molecule has 2 nitrogen and oxygen atoms in total. The van der Waals surface area contributed by atoms with Gasteiger partial charge in [-0.3, -0.25) is 0 Å². The lowest BCUT2D eigenvalue weighted by atomic mass is 9.81. The van der Waals surface area contributed by atoms with E-state index in [0.717, 1.165) is 5.56 Å². The molecule has 0 aliphatic rings. The zero-order chi connectivity index (χ0) is 12.3. The van der Waals surface area contributed by atoms with E-state index < -0.39 is 0 Å². The van der Waals surface area contributed by atoms with E-state index in [4.69, 9.17) is 9.84 Å². The van der Waals surface area contributed by atoms with Gasteiger partial charge in [0.2, 0.25) is 0 Å². The molecule has 1 aromatic carbocycles. The van der Waals surface area contributed by atoms with E-state index in [1.807, 2.05) is 13.8 Å². The van der Waals surface area contributed by atoms with Crippen LogP contribution in [0.4, 0.5) is 4.39 Å². The second-order valence-electron chi connectivity index (χ2n) is 4.32. The van der Waals surface area contributed by atoms with E-state index in [-0.39, 0.29) is 17.8 Å². The zero-order valence-corrected chi connectivity index (χ0v) is 11.3. The largest absolute Gasteiger partial charge is 0.496 e. The smallest absolute Gasteiger partial charge is 0.141 e. The van der Waals surface area contributed by atoms with E-state index in [9.17, 15) is 4.39 Å². The van der Waals surface area contributed by atoms with Gasteiger partial charge in [0.25, 0.3) is 0 Å². The molecule has 16 heavy (non-hydrogen) atoms. The van der Waals surface area contributed by atoms with Crippen LogP contribution in [0.2, 0.25) is 0 Å². The van der Waals surface area contributed by atoms with E-state index in [1.54, 1.807) is 6.07 Å². The van der Waals surface area contributed by atoms with E-state index in [0.29, 0.717) is 16.6 Å². The summed E-state index contributed by atoms with van der Waals surface area (Å²) in [5.74, 6) is 0.166. The van der Waals surface area contributed by atoms with Gasteiger partial charge in [-0.25, -0.2) is 4.39 Å². The minimum absolute atomic E-state index is 0.0884. The summed E-state index contributed by atoms with van der Waals surface area (Å²) >= 11 is 3.16. The van der Waals surface area contributed by atoms with Gasteiger partial charge in [-0.2, -0.15) is 0 Å². The summed E-state index contributed by atoms with van der Waals surface area (Å²) in [6, 6.07) is 3.07. The second-order valence-corrected chi connectivity index (χ2v) is 5.18. The van der Waals surface area contributed by atoms with Gasteiger partial charge in [0, 0.05) is 18.2 Å². The van der Waals surface area contributed by atoms with Crippen molar-refractivity contribution in [2.45, 2.75) is 25.7 Å². The maximum Gasteiger partial charge on any atom is 0.141 e. The van der Waals surface area contributed by atoms with Gasteiger partial charge in [0.05, 0.1) is 11.6 Å². The van der Waals surface area contributed by atoms with Crippen LogP contribution in [0.15, 0.2) is 16.6 Å². The van der Waals surface area contributed by atoms with Crippen LogP contribution >= 0.6 is 15.9 Å². The molecule has 0 heterocycles. The van der Waals surface area contributed by atoms with E-state index >= 15 is 0 Å². The van der Waals surface area contributed by atoms with Crippen molar-refractivity contribution >= 4 is 15.9 Å². The molecule has 0 fully saturated rings. The molecule has 0 atom stereocenters. The first kappa shape index (κ1) is 13.5. The molecule has 0 saturated heterocycles. The Balaban J connectivity index is 3.26. The fraction of sp³-hybridized carbons (Fsp3) is 0.500. The molecule has 1 rings (SSSR count). The number of aliphatic hydroxyl groups is 1. The molecular formula is C12H16BrFO2. The molecule has 0 radical (unpaired) electrons. The molecule has 0 bridgehead atoms.